The van der Waals surface area contributed by atoms with Gasteiger partial charge >= 0.3 is 5.97 Å². The van der Waals surface area contributed by atoms with E-state index in [-0.39, 0.29) is 30.0 Å². The van der Waals surface area contributed by atoms with Gasteiger partial charge in [0.15, 0.2) is 0 Å². The second kappa shape index (κ2) is 9.69. The van der Waals surface area contributed by atoms with Crippen molar-refractivity contribution in [2.75, 3.05) is 33.4 Å². The van der Waals surface area contributed by atoms with Crippen LogP contribution < -0.4 is 0 Å². The number of aliphatic carboxylic acids is 1. The van der Waals surface area contributed by atoms with E-state index in [4.69, 9.17) is 9.47 Å². The van der Waals surface area contributed by atoms with Crippen molar-refractivity contribution in [3.8, 4) is 0 Å². The second-order valence-corrected chi connectivity index (χ2v) is 14.2. The van der Waals surface area contributed by atoms with Gasteiger partial charge in [-0.25, -0.2) is 0 Å². The topological polar surface area (TPSA) is 76.1 Å². The molecule has 6 unspecified atom stereocenters. The highest BCUT2D eigenvalue weighted by molar-refractivity contribution is 5.90. The highest BCUT2D eigenvalue weighted by Gasteiger charge is 2.86. The van der Waals surface area contributed by atoms with Crippen LogP contribution in [0.3, 0.4) is 0 Å². The molecule has 2 heterocycles. The first-order valence-electron chi connectivity index (χ1n) is 15.5. The normalized spacial score (nSPS) is 46.5. The summed E-state index contributed by atoms with van der Waals surface area (Å²) in [5.74, 6) is 1.39. The molecule has 4 aliphatic carbocycles. The second-order valence-electron chi connectivity index (χ2n) is 14.2. The zero-order valence-electron chi connectivity index (χ0n) is 24.0. The zero-order chi connectivity index (χ0) is 26.9. The number of carboxylic acids is 1. The average Bonchev–Trinajstić information content (AvgIpc) is 3.63. The fourth-order valence-electron chi connectivity index (χ4n) is 11.1. The standard InChI is InChI=1S/C32H49NO5/c1-20(2)27-15-23-16-30(19-34)26-7-5-21(3)25(26)17-31(23,32(27,30)29(35)36)28-8-6-24(38-28)18-33-12-9-22(10-13-33)11-14-37-4/h15,19-26,28H,5-14,16-18H2,1-4H3,(H,35,36)/t21-,23?,24?,25-,26-,28?,30?,31?,32?/m1/s1. The summed E-state index contributed by atoms with van der Waals surface area (Å²) in [7, 11) is 1.78. The third kappa shape index (κ3) is 3.41. The lowest BCUT2D eigenvalue weighted by Crippen LogP contribution is -2.65. The molecule has 6 aliphatic rings. The number of aldehydes is 1. The number of carbonyl (C=O) groups is 2. The molecule has 6 nitrogen and oxygen atoms in total. The minimum absolute atomic E-state index is 0.0871. The van der Waals surface area contributed by atoms with Crippen LogP contribution in [0.5, 0.6) is 0 Å². The van der Waals surface area contributed by atoms with E-state index in [0.717, 1.165) is 82.5 Å². The van der Waals surface area contributed by atoms with Crippen LogP contribution in [0.2, 0.25) is 0 Å². The van der Waals surface area contributed by atoms with Gasteiger partial charge in [-0.15, -0.1) is 0 Å². The van der Waals surface area contributed by atoms with Crippen LogP contribution in [0.15, 0.2) is 11.6 Å². The Bertz CT molecular complexity index is 971. The number of nitrogens with zero attached hydrogens (tertiary/aromatic N) is 1. The molecule has 2 saturated heterocycles. The van der Waals surface area contributed by atoms with Crippen LogP contribution >= 0.6 is 0 Å². The SMILES string of the molecule is COCCC1CCN(CC2CCC(C34C[C@@H]5[C@H](C)CC[C@H]5C5(C=O)CC3C=C(C(C)C)C45C(=O)O)O2)CC1. The molecular weight excluding hydrogens is 478 g/mol. The Hall–Kier alpha value is -1.24. The molecule has 0 spiro atoms. The molecule has 1 N–H and O–H groups in total. The summed E-state index contributed by atoms with van der Waals surface area (Å²) in [4.78, 5) is 29.6. The van der Waals surface area contributed by atoms with Crippen LogP contribution in [-0.4, -0.2) is 67.8 Å². The van der Waals surface area contributed by atoms with Gasteiger partial charge in [0.25, 0.3) is 0 Å². The Kier molecular flexibility index (Phi) is 6.88. The summed E-state index contributed by atoms with van der Waals surface area (Å²) < 4.78 is 12.3. The number of allylic oxidation sites excluding steroid dienone is 1. The van der Waals surface area contributed by atoms with Gasteiger partial charge in [-0.05, 0) is 100.0 Å². The van der Waals surface area contributed by atoms with Gasteiger partial charge in [0.1, 0.15) is 11.7 Å². The van der Waals surface area contributed by atoms with Crippen molar-refractivity contribution in [2.45, 2.75) is 90.8 Å². The van der Waals surface area contributed by atoms with Crippen LogP contribution in [-0.2, 0) is 19.1 Å². The molecule has 0 aromatic carbocycles. The maximum absolute atomic E-state index is 13.7. The number of piperidine rings is 1. The minimum Gasteiger partial charge on any atom is -0.481 e. The number of rotatable bonds is 9. The summed E-state index contributed by atoms with van der Waals surface area (Å²) >= 11 is 0. The van der Waals surface area contributed by atoms with Gasteiger partial charge in [-0.2, -0.15) is 0 Å². The van der Waals surface area contributed by atoms with Crippen molar-refractivity contribution in [1.29, 1.82) is 0 Å². The number of hydrogen-bond acceptors (Lipinski definition) is 5. The lowest BCUT2D eigenvalue weighted by Gasteiger charge is -2.60. The molecule has 0 aromatic heterocycles. The van der Waals surface area contributed by atoms with Gasteiger partial charge in [-0.3, -0.25) is 4.79 Å². The average molecular weight is 528 g/mol. The molecule has 5 fully saturated rings. The van der Waals surface area contributed by atoms with E-state index < -0.39 is 22.2 Å². The number of carbonyl (C=O) groups excluding carboxylic acids is 1. The first-order chi connectivity index (χ1) is 18.2. The Morgan fingerprint density at radius 2 is 1.95 bits per heavy atom. The predicted molar refractivity (Wildman–Crippen MR) is 146 cm³/mol. The highest BCUT2D eigenvalue weighted by Crippen LogP contribution is 2.84. The molecular formula is C32H49NO5. The number of fused-ring (bicyclic) bond motifs is 2. The predicted octanol–water partition coefficient (Wildman–Crippen LogP) is 5.21. The van der Waals surface area contributed by atoms with Crippen LogP contribution in [0.4, 0.5) is 0 Å². The molecule has 0 radical (unpaired) electrons. The van der Waals surface area contributed by atoms with Gasteiger partial charge in [0, 0.05) is 25.7 Å². The van der Waals surface area contributed by atoms with Gasteiger partial charge in [0.05, 0.1) is 17.6 Å². The van der Waals surface area contributed by atoms with Crippen molar-refractivity contribution in [3.63, 3.8) is 0 Å². The lowest BCUT2D eigenvalue weighted by atomic mass is 9.41. The van der Waals surface area contributed by atoms with Crippen LogP contribution in [0.1, 0.15) is 78.6 Å². The number of hydrogen-bond donors (Lipinski definition) is 1. The van der Waals surface area contributed by atoms with E-state index >= 15 is 0 Å². The molecule has 3 saturated carbocycles. The zero-order valence-corrected chi connectivity index (χ0v) is 24.0. The summed E-state index contributed by atoms with van der Waals surface area (Å²) in [6.07, 6.45) is 12.7. The first kappa shape index (κ1) is 27.0. The Morgan fingerprint density at radius 1 is 1.18 bits per heavy atom. The molecule has 0 amide bonds. The van der Waals surface area contributed by atoms with E-state index in [0.29, 0.717) is 18.3 Å². The smallest absolute Gasteiger partial charge is 0.315 e. The van der Waals surface area contributed by atoms with Crippen molar-refractivity contribution < 1.29 is 24.2 Å². The molecule has 2 aliphatic heterocycles. The lowest BCUT2D eigenvalue weighted by molar-refractivity contribution is -0.197. The van der Waals surface area contributed by atoms with E-state index in [1.807, 2.05) is 0 Å². The minimum atomic E-state index is -1.12. The largest absolute Gasteiger partial charge is 0.481 e. The fourth-order valence-corrected chi connectivity index (χ4v) is 11.1. The van der Waals surface area contributed by atoms with Gasteiger partial charge in [-0.1, -0.05) is 38.8 Å². The monoisotopic (exact) mass is 527 g/mol. The van der Waals surface area contributed by atoms with Crippen LogP contribution in [0, 0.1) is 51.8 Å². The molecule has 4 bridgehead atoms. The molecule has 9 atom stereocenters. The maximum Gasteiger partial charge on any atom is 0.315 e. The molecule has 0 aromatic rings. The van der Waals surface area contributed by atoms with Crippen molar-refractivity contribution in [2.24, 2.45) is 51.8 Å². The number of methoxy groups -OCH3 is 1. The quantitative estimate of drug-likeness (QED) is 0.328. The third-order valence-electron chi connectivity index (χ3n) is 12.6. The number of ether oxygens (including phenoxy) is 2. The molecule has 38 heavy (non-hydrogen) atoms. The Labute approximate surface area is 228 Å². The van der Waals surface area contributed by atoms with E-state index in [1.54, 1.807) is 7.11 Å². The molecule has 6 heteroatoms. The maximum atomic E-state index is 13.7. The third-order valence-corrected chi connectivity index (χ3v) is 12.6. The van der Waals surface area contributed by atoms with E-state index in [1.165, 1.54) is 12.8 Å². The summed E-state index contributed by atoms with van der Waals surface area (Å²) in [6, 6.07) is 0. The van der Waals surface area contributed by atoms with Gasteiger partial charge < -0.3 is 24.3 Å². The Balaban J connectivity index is 1.29. The van der Waals surface area contributed by atoms with Crippen LogP contribution in [0.25, 0.3) is 0 Å². The van der Waals surface area contributed by atoms with E-state index in [9.17, 15) is 14.7 Å². The Morgan fingerprint density at radius 3 is 2.61 bits per heavy atom. The van der Waals surface area contributed by atoms with Crippen molar-refractivity contribution in [3.05, 3.63) is 11.6 Å². The summed E-state index contributed by atoms with van der Waals surface area (Å²) in [5, 5.41) is 11.3. The fraction of sp³-hybridized carbons (Fsp3) is 0.875. The first-order valence-corrected chi connectivity index (χ1v) is 15.5. The summed E-state index contributed by atoms with van der Waals surface area (Å²) in [5.41, 5.74) is -1.39. The van der Waals surface area contributed by atoms with Crippen molar-refractivity contribution in [1.82, 2.24) is 4.90 Å². The highest BCUT2D eigenvalue weighted by atomic mass is 16.5. The van der Waals surface area contributed by atoms with Gasteiger partial charge in [0.2, 0.25) is 0 Å². The van der Waals surface area contributed by atoms with E-state index in [2.05, 4.69) is 31.7 Å². The number of likely N-dealkylation sites (tertiary alicyclic amines) is 1. The summed E-state index contributed by atoms with van der Waals surface area (Å²) in [6.45, 7) is 10.6. The molecule has 212 valence electrons. The molecule has 6 rings (SSSR count). The number of carboxylic acid groups (broad SMARTS) is 1. The van der Waals surface area contributed by atoms with Crippen molar-refractivity contribution >= 4 is 12.3 Å².